The summed E-state index contributed by atoms with van der Waals surface area (Å²) in [5, 5.41) is 13.4. The summed E-state index contributed by atoms with van der Waals surface area (Å²) in [6, 6.07) is 18.6. The molecule has 1 aromatic heterocycles. The number of H-pyrrole nitrogens is 1. The van der Waals surface area contributed by atoms with Crippen molar-refractivity contribution in [1.82, 2.24) is 4.98 Å². The summed E-state index contributed by atoms with van der Waals surface area (Å²) in [6.45, 7) is 14.3. The van der Waals surface area contributed by atoms with Gasteiger partial charge in [-0.1, -0.05) is 77.9 Å². The van der Waals surface area contributed by atoms with Crippen LogP contribution in [0, 0.1) is 0 Å². The minimum absolute atomic E-state index is 0.587. The Kier molecular flexibility index (Phi) is 5.64. The van der Waals surface area contributed by atoms with E-state index in [-0.39, 0.29) is 0 Å². The molecule has 0 radical (unpaired) electrons. The topological polar surface area (TPSA) is 36.0 Å². The zero-order valence-electron chi connectivity index (χ0n) is 17.5. The lowest BCUT2D eigenvalue weighted by molar-refractivity contribution is 0.220. The Balaban J connectivity index is 2.08. The van der Waals surface area contributed by atoms with Gasteiger partial charge in [-0.3, -0.25) is 0 Å². The van der Waals surface area contributed by atoms with Gasteiger partial charge < -0.3 is 10.1 Å². The van der Waals surface area contributed by atoms with E-state index in [0.717, 1.165) is 11.1 Å². The van der Waals surface area contributed by atoms with Crippen molar-refractivity contribution in [3.05, 3.63) is 65.7 Å². The summed E-state index contributed by atoms with van der Waals surface area (Å²) >= 11 is 0. The van der Waals surface area contributed by atoms with Crippen LogP contribution in [0.2, 0.25) is 16.6 Å². The second-order valence-electron chi connectivity index (χ2n) is 8.74. The molecule has 0 aliphatic rings. The average molecular weight is 380 g/mol. The number of nitrogens with one attached hydrogen (secondary N) is 1. The maximum atomic E-state index is 10.8. The van der Waals surface area contributed by atoms with E-state index in [0.29, 0.717) is 16.6 Å². The molecule has 3 rings (SSSR count). The quantitative estimate of drug-likeness (QED) is 0.496. The van der Waals surface area contributed by atoms with Gasteiger partial charge in [0.2, 0.25) is 0 Å². The maximum Gasteiger partial charge on any atom is 0.115 e. The molecular weight excluding hydrogens is 346 g/mol. The highest BCUT2D eigenvalue weighted by molar-refractivity contribution is 6.94. The molecule has 0 aliphatic heterocycles. The van der Waals surface area contributed by atoms with Crippen LogP contribution >= 0.6 is 0 Å². The molecule has 0 amide bonds. The second-order valence-corrected chi connectivity index (χ2v) is 14.6. The summed E-state index contributed by atoms with van der Waals surface area (Å²) in [5.41, 5.74) is 5.06. The zero-order valence-corrected chi connectivity index (χ0v) is 18.5. The molecule has 0 saturated carbocycles. The summed E-state index contributed by atoms with van der Waals surface area (Å²) in [5.74, 6) is 0. The van der Waals surface area contributed by atoms with Crippen LogP contribution in [-0.4, -0.2) is 18.2 Å². The van der Waals surface area contributed by atoms with Gasteiger partial charge >= 0.3 is 0 Å². The number of aromatic amines is 1. The summed E-state index contributed by atoms with van der Waals surface area (Å²) in [7, 11) is -1.71. The molecule has 2 nitrogen and oxygen atoms in total. The van der Waals surface area contributed by atoms with Gasteiger partial charge in [-0.25, -0.2) is 0 Å². The highest BCUT2D eigenvalue weighted by Crippen LogP contribution is 2.41. The Morgan fingerprint density at radius 2 is 1.33 bits per heavy atom. The highest BCUT2D eigenvalue weighted by Gasteiger charge is 2.45. The van der Waals surface area contributed by atoms with Crippen LogP contribution in [0.15, 0.2) is 54.6 Å². The number of hydrogen-bond acceptors (Lipinski definition) is 1. The largest absolute Gasteiger partial charge is 0.384 e. The van der Waals surface area contributed by atoms with Crippen molar-refractivity contribution in [2.45, 2.75) is 64.3 Å². The van der Waals surface area contributed by atoms with Crippen molar-refractivity contribution in [1.29, 1.82) is 0 Å². The van der Waals surface area contributed by atoms with Crippen LogP contribution in [-0.2, 0) is 0 Å². The van der Waals surface area contributed by atoms with Gasteiger partial charge in [0.15, 0.2) is 0 Å². The number of benzene rings is 2. The number of rotatable bonds is 6. The molecular formula is C24H33NOSi. The predicted octanol–water partition coefficient (Wildman–Crippen LogP) is 6.14. The summed E-state index contributed by atoms with van der Waals surface area (Å²) in [6.07, 6.45) is -0.587. The molecule has 144 valence electrons. The molecule has 2 aromatic carbocycles. The zero-order chi connectivity index (χ0) is 19.8. The third-order valence-corrected chi connectivity index (χ3v) is 13.3. The second kappa shape index (κ2) is 7.65. The molecule has 0 fully saturated rings. The lowest BCUT2D eigenvalue weighted by Crippen LogP contribution is -2.56. The lowest BCUT2D eigenvalue weighted by Gasteiger charge is -2.42. The minimum atomic E-state index is -1.71. The molecule has 3 aromatic rings. The van der Waals surface area contributed by atoms with Crippen LogP contribution in [0.4, 0.5) is 0 Å². The number of hydrogen-bond donors (Lipinski definition) is 2. The molecule has 1 unspecified atom stereocenters. The van der Waals surface area contributed by atoms with Gasteiger partial charge in [-0.05, 0) is 51.3 Å². The predicted molar refractivity (Wildman–Crippen MR) is 119 cm³/mol. The van der Waals surface area contributed by atoms with E-state index in [4.69, 9.17) is 0 Å². The van der Waals surface area contributed by atoms with Gasteiger partial charge in [0, 0.05) is 10.8 Å². The Hall–Kier alpha value is -1.84. The van der Waals surface area contributed by atoms with Gasteiger partial charge in [0.1, 0.15) is 14.2 Å². The molecule has 2 N–H and O–H groups in total. The van der Waals surface area contributed by atoms with E-state index in [2.05, 4.69) is 64.7 Å². The fraction of sp³-hybridized carbons (Fsp3) is 0.417. The van der Waals surface area contributed by atoms with E-state index < -0.39 is 14.2 Å². The Morgan fingerprint density at radius 1 is 0.741 bits per heavy atom. The van der Waals surface area contributed by atoms with E-state index >= 15 is 0 Å². The first-order valence-corrected chi connectivity index (χ1v) is 12.4. The van der Waals surface area contributed by atoms with E-state index in [9.17, 15) is 5.11 Å². The molecule has 0 spiro atoms. The molecule has 0 aliphatic carbocycles. The Morgan fingerprint density at radius 3 is 1.89 bits per heavy atom. The van der Waals surface area contributed by atoms with Gasteiger partial charge in [-0.15, -0.1) is 0 Å². The Bertz CT molecular complexity index is 873. The maximum absolute atomic E-state index is 10.8. The first-order chi connectivity index (χ1) is 12.8. The van der Waals surface area contributed by atoms with Crippen LogP contribution in [0.5, 0.6) is 0 Å². The normalized spacial score (nSPS) is 13.9. The SMILES string of the molecule is CC(C)[Si](c1cc2cc(C(O)c3ccccc3)ccc2[nH]1)(C(C)C)C(C)C. The van der Waals surface area contributed by atoms with Crippen molar-refractivity contribution in [3.63, 3.8) is 0 Å². The van der Waals surface area contributed by atoms with Crippen LogP contribution in [0.25, 0.3) is 10.9 Å². The smallest absolute Gasteiger partial charge is 0.115 e. The first kappa shape index (κ1) is 19.9. The summed E-state index contributed by atoms with van der Waals surface area (Å²) < 4.78 is 0. The first-order valence-electron chi connectivity index (χ1n) is 10.1. The fourth-order valence-electron chi connectivity index (χ4n) is 5.32. The van der Waals surface area contributed by atoms with Crippen LogP contribution < -0.4 is 5.32 Å². The highest BCUT2D eigenvalue weighted by atomic mass is 28.3. The van der Waals surface area contributed by atoms with Gasteiger partial charge in [0.05, 0.1) is 0 Å². The number of fused-ring (bicyclic) bond motifs is 1. The standard InChI is InChI=1S/C24H33NOSi/c1-16(2)27(17(3)4,18(5)6)23-15-21-14-20(12-13-22(21)25-23)24(26)19-10-8-7-9-11-19/h7-18,24-26H,1-6H3. The molecule has 1 heterocycles. The molecule has 27 heavy (non-hydrogen) atoms. The monoisotopic (exact) mass is 379 g/mol. The molecule has 0 saturated heterocycles. The van der Waals surface area contributed by atoms with Crippen LogP contribution in [0.1, 0.15) is 58.8 Å². The van der Waals surface area contributed by atoms with E-state index in [1.807, 2.05) is 36.4 Å². The Labute approximate surface area is 164 Å². The summed E-state index contributed by atoms with van der Waals surface area (Å²) in [4.78, 5) is 3.77. The van der Waals surface area contributed by atoms with Crippen LogP contribution in [0.3, 0.4) is 0 Å². The van der Waals surface area contributed by atoms with Crippen molar-refractivity contribution >= 4 is 24.3 Å². The number of aliphatic hydroxyl groups is 1. The van der Waals surface area contributed by atoms with Crippen molar-refractivity contribution in [2.75, 3.05) is 0 Å². The molecule has 0 bridgehead atoms. The van der Waals surface area contributed by atoms with Gasteiger partial charge in [-0.2, -0.15) is 0 Å². The third-order valence-electron chi connectivity index (χ3n) is 6.41. The van der Waals surface area contributed by atoms with Crippen molar-refractivity contribution < 1.29 is 5.11 Å². The van der Waals surface area contributed by atoms with Gasteiger partial charge in [0.25, 0.3) is 0 Å². The fourth-order valence-corrected chi connectivity index (χ4v) is 11.9. The minimum Gasteiger partial charge on any atom is -0.384 e. The molecule has 1 atom stereocenters. The third kappa shape index (κ3) is 3.39. The number of aromatic nitrogens is 1. The van der Waals surface area contributed by atoms with Crippen molar-refractivity contribution in [3.8, 4) is 0 Å². The molecule has 3 heteroatoms. The lowest BCUT2D eigenvalue weighted by atomic mass is 10.0. The average Bonchev–Trinajstić information content (AvgIpc) is 3.04. The van der Waals surface area contributed by atoms with E-state index in [1.165, 1.54) is 16.2 Å². The van der Waals surface area contributed by atoms with Crippen molar-refractivity contribution in [2.24, 2.45) is 0 Å². The number of aliphatic hydroxyl groups excluding tert-OH is 1. The van der Waals surface area contributed by atoms with E-state index in [1.54, 1.807) is 0 Å².